The van der Waals surface area contributed by atoms with Crippen LogP contribution in [0.25, 0.3) is 0 Å². The van der Waals surface area contributed by atoms with Gasteiger partial charge in [0.25, 0.3) is 0 Å². The van der Waals surface area contributed by atoms with Gasteiger partial charge >= 0.3 is 0 Å². The zero-order valence-electron chi connectivity index (χ0n) is 21.1. The van der Waals surface area contributed by atoms with E-state index in [0.29, 0.717) is 22.0 Å². The number of hydrogen-bond acceptors (Lipinski definition) is 5. The summed E-state index contributed by atoms with van der Waals surface area (Å²) in [6.07, 6.45) is 1.35. The molecule has 2 amide bonds. The minimum absolute atomic E-state index is 0.0274. The molecule has 0 heterocycles. The summed E-state index contributed by atoms with van der Waals surface area (Å²) in [7, 11) is -2.17. The predicted molar refractivity (Wildman–Crippen MR) is 144 cm³/mol. The Morgan fingerprint density at radius 3 is 2.28 bits per heavy atom. The molecule has 8 nitrogen and oxygen atoms in total. The molecule has 0 aliphatic carbocycles. The van der Waals surface area contributed by atoms with Crippen molar-refractivity contribution < 1.29 is 22.7 Å². The van der Waals surface area contributed by atoms with E-state index in [2.05, 4.69) is 5.32 Å². The van der Waals surface area contributed by atoms with Crippen LogP contribution in [0.3, 0.4) is 0 Å². The van der Waals surface area contributed by atoms with Crippen molar-refractivity contribution >= 4 is 50.7 Å². The lowest BCUT2D eigenvalue weighted by molar-refractivity contribution is -0.140. The second kappa shape index (κ2) is 13.2. The Labute approximate surface area is 223 Å². The van der Waals surface area contributed by atoms with E-state index in [4.69, 9.17) is 27.9 Å². The third-order valence-corrected chi connectivity index (χ3v) is 7.33. The van der Waals surface area contributed by atoms with Crippen LogP contribution in [0.2, 0.25) is 10.0 Å². The molecule has 0 unspecified atom stereocenters. The maximum absolute atomic E-state index is 13.3. The summed E-state index contributed by atoms with van der Waals surface area (Å²) in [6.45, 7) is 5.55. The third-order valence-electron chi connectivity index (χ3n) is 5.47. The number of anilines is 1. The first-order valence-corrected chi connectivity index (χ1v) is 14.1. The first-order chi connectivity index (χ1) is 16.8. The number of halogens is 2. The lowest BCUT2D eigenvalue weighted by Gasteiger charge is -2.30. The highest BCUT2D eigenvalue weighted by atomic mass is 35.5. The van der Waals surface area contributed by atoms with E-state index < -0.39 is 16.1 Å². The van der Waals surface area contributed by atoms with Gasteiger partial charge in [0.05, 0.1) is 24.1 Å². The summed E-state index contributed by atoms with van der Waals surface area (Å²) >= 11 is 12.5. The molecule has 0 radical (unpaired) electrons. The van der Waals surface area contributed by atoms with Crippen LogP contribution in [0, 0.1) is 0 Å². The normalized spacial score (nSPS) is 12.2. The van der Waals surface area contributed by atoms with Crippen LogP contribution >= 0.6 is 23.2 Å². The van der Waals surface area contributed by atoms with Gasteiger partial charge in [0.15, 0.2) is 0 Å². The fourth-order valence-corrected chi connectivity index (χ4v) is 5.02. The molecule has 0 fully saturated rings. The van der Waals surface area contributed by atoms with Crippen LogP contribution in [0.1, 0.15) is 39.2 Å². The Morgan fingerprint density at radius 1 is 1.06 bits per heavy atom. The monoisotopic (exact) mass is 557 g/mol. The molecule has 0 saturated heterocycles. The standard InChI is InChI=1S/C25H33Cl2N3O5S/c1-17(2)28-25(32)18(3)29(16-19-9-6-7-10-21(19)26)24(31)11-8-14-30(36(5,33)34)20-12-13-23(35-4)22(27)15-20/h6-7,9-10,12-13,15,17-18H,8,11,14,16H2,1-5H3,(H,28,32)/t18-/m0/s1. The van der Waals surface area contributed by atoms with Gasteiger partial charge in [-0.1, -0.05) is 41.4 Å². The van der Waals surface area contributed by atoms with Crippen molar-refractivity contribution in [2.45, 2.75) is 52.2 Å². The van der Waals surface area contributed by atoms with Crippen LogP contribution in [0.5, 0.6) is 5.75 Å². The van der Waals surface area contributed by atoms with Crippen molar-refractivity contribution in [3.05, 3.63) is 58.1 Å². The molecule has 0 bridgehead atoms. The Morgan fingerprint density at radius 2 is 1.72 bits per heavy atom. The highest BCUT2D eigenvalue weighted by molar-refractivity contribution is 7.92. The summed E-state index contributed by atoms with van der Waals surface area (Å²) in [4.78, 5) is 27.5. The van der Waals surface area contributed by atoms with Gasteiger partial charge in [0, 0.05) is 30.6 Å². The minimum atomic E-state index is -3.64. The molecule has 2 aromatic carbocycles. The van der Waals surface area contributed by atoms with Gasteiger partial charge in [-0.3, -0.25) is 13.9 Å². The number of carbonyl (C=O) groups excluding carboxylic acids is 2. The number of nitrogens with one attached hydrogen (secondary N) is 1. The molecule has 2 aromatic rings. The molecule has 198 valence electrons. The molecule has 11 heteroatoms. The van der Waals surface area contributed by atoms with E-state index in [0.717, 1.165) is 6.26 Å². The number of ether oxygens (including phenoxy) is 1. The lowest BCUT2D eigenvalue weighted by atomic mass is 10.1. The number of methoxy groups -OCH3 is 1. The topological polar surface area (TPSA) is 96.0 Å². The summed E-state index contributed by atoms with van der Waals surface area (Å²) < 4.78 is 31.3. The summed E-state index contributed by atoms with van der Waals surface area (Å²) in [6, 6.07) is 11.0. The molecule has 0 saturated carbocycles. The van der Waals surface area contributed by atoms with Crippen LogP contribution in [-0.4, -0.2) is 57.1 Å². The Balaban J connectivity index is 2.20. The molecular weight excluding hydrogens is 525 g/mol. The second-order valence-electron chi connectivity index (χ2n) is 8.71. The maximum atomic E-state index is 13.3. The summed E-state index contributed by atoms with van der Waals surface area (Å²) in [5.41, 5.74) is 1.08. The molecular formula is C25H33Cl2N3O5S. The van der Waals surface area contributed by atoms with E-state index in [1.165, 1.54) is 22.4 Å². The summed E-state index contributed by atoms with van der Waals surface area (Å²) in [5.74, 6) is -0.147. The van der Waals surface area contributed by atoms with Gasteiger partial charge in [-0.15, -0.1) is 0 Å². The zero-order chi connectivity index (χ0) is 27.0. The van der Waals surface area contributed by atoms with Gasteiger partial charge in [0.2, 0.25) is 21.8 Å². The Kier molecular flexibility index (Phi) is 10.9. The van der Waals surface area contributed by atoms with Crippen LogP contribution < -0.4 is 14.4 Å². The Hall–Kier alpha value is -2.49. The third kappa shape index (κ3) is 8.28. The zero-order valence-corrected chi connectivity index (χ0v) is 23.5. The average molecular weight is 559 g/mol. The number of benzene rings is 2. The van der Waals surface area contributed by atoms with Gasteiger partial charge in [-0.05, 0) is 57.0 Å². The van der Waals surface area contributed by atoms with Gasteiger partial charge in [-0.2, -0.15) is 0 Å². The Bertz CT molecular complexity index is 1170. The molecule has 36 heavy (non-hydrogen) atoms. The molecule has 1 N–H and O–H groups in total. The maximum Gasteiger partial charge on any atom is 0.242 e. The fourth-order valence-electron chi connectivity index (χ4n) is 3.61. The molecule has 0 aliphatic rings. The van der Waals surface area contributed by atoms with Crippen LogP contribution in [0.4, 0.5) is 5.69 Å². The van der Waals surface area contributed by atoms with E-state index in [9.17, 15) is 18.0 Å². The number of rotatable bonds is 12. The number of carbonyl (C=O) groups is 2. The first-order valence-electron chi connectivity index (χ1n) is 11.5. The second-order valence-corrected chi connectivity index (χ2v) is 11.4. The van der Waals surface area contributed by atoms with E-state index in [1.54, 1.807) is 37.3 Å². The van der Waals surface area contributed by atoms with Crippen molar-refractivity contribution in [3.8, 4) is 5.75 Å². The van der Waals surface area contributed by atoms with Crippen molar-refractivity contribution in [2.75, 3.05) is 24.2 Å². The minimum Gasteiger partial charge on any atom is -0.495 e. The van der Waals surface area contributed by atoms with Crippen LogP contribution in [0.15, 0.2) is 42.5 Å². The van der Waals surface area contributed by atoms with E-state index >= 15 is 0 Å². The molecule has 2 rings (SSSR count). The number of sulfonamides is 1. The number of amides is 2. The van der Waals surface area contributed by atoms with Gasteiger partial charge < -0.3 is 15.0 Å². The molecule has 0 aromatic heterocycles. The highest BCUT2D eigenvalue weighted by Gasteiger charge is 2.27. The first kappa shape index (κ1) is 29.7. The molecule has 0 aliphatic heterocycles. The van der Waals surface area contributed by atoms with Gasteiger partial charge in [0.1, 0.15) is 11.8 Å². The van der Waals surface area contributed by atoms with Crippen LogP contribution in [-0.2, 0) is 26.2 Å². The molecule has 1 atom stereocenters. The largest absolute Gasteiger partial charge is 0.495 e. The number of nitrogens with zero attached hydrogens (tertiary/aromatic N) is 2. The highest BCUT2D eigenvalue weighted by Crippen LogP contribution is 2.30. The van der Waals surface area contributed by atoms with E-state index in [-0.39, 0.29) is 48.8 Å². The van der Waals surface area contributed by atoms with Crippen molar-refractivity contribution in [2.24, 2.45) is 0 Å². The lowest BCUT2D eigenvalue weighted by Crippen LogP contribution is -2.49. The smallest absolute Gasteiger partial charge is 0.242 e. The number of hydrogen-bond donors (Lipinski definition) is 1. The molecule has 0 spiro atoms. The van der Waals surface area contributed by atoms with Crippen molar-refractivity contribution in [3.63, 3.8) is 0 Å². The quantitative estimate of drug-likeness (QED) is 0.414. The van der Waals surface area contributed by atoms with E-state index in [1.807, 2.05) is 19.9 Å². The van der Waals surface area contributed by atoms with Crippen molar-refractivity contribution in [1.29, 1.82) is 0 Å². The fraction of sp³-hybridized carbons (Fsp3) is 0.440. The average Bonchev–Trinajstić information content (AvgIpc) is 2.79. The summed E-state index contributed by atoms with van der Waals surface area (Å²) in [5, 5.41) is 3.60. The SMILES string of the molecule is COc1ccc(N(CCCC(=O)N(Cc2ccccc2Cl)[C@@H](C)C(=O)NC(C)C)S(C)(=O)=O)cc1Cl. The van der Waals surface area contributed by atoms with Crippen molar-refractivity contribution in [1.82, 2.24) is 10.2 Å². The van der Waals surface area contributed by atoms with Gasteiger partial charge in [-0.25, -0.2) is 8.42 Å². The predicted octanol–water partition coefficient (Wildman–Crippen LogP) is 4.49.